The lowest BCUT2D eigenvalue weighted by atomic mass is 9.99. The minimum Gasteiger partial charge on any atom is -0.492 e. The minimum absolute atomic E-state index is 0.0494. The topological polar surface area (TPSA) is 75.7 Å². The summed E-state index contributed by atoms with van der Waals surface area (Å²) < 4.78 is 32.8. The molecule has 1 heterocycles. The van der Waals surface area contributed by atoms with E-state index < -0.39 is 10.0 Å². The number of piperidine rings is 1. The molecule has 0 unspecified atom stereocenters. The zero-order chi connectivity index (χ0) is 17.7. The van der Waals surface area contributed by atoms with Gasteiger partial charge >= 0.3 is 0 Å². The van der Waals surface area contributed by atoms with Gasteiger partial charge in [0.05, 0.1) is 12.5 Å². The van der Waals surface area contributed by atoms with Crippen molar-refractivity contribution in [1.82, 2.24) is 9.62 Å². The summed E-state index contributed by atoms with van der Waals surface area (Å²) in [5, 5.41) is 3.09. The normalized spacial score (nSPS) is 19.0. The molecule has 1 aromatic rings. The van der Waals surface area contributed by atoms with E-state index in [-0.39, 0.29) is 29.0 Å². The highest BCUT2D eigenvalue weighted by molar-refractivity contribution is 7.89. The molecule has 1 saturated heterocycles. The average molecular weight is 375 g/mol. The maximum atomic E-state index is 13.0. The molecule has 1 atom stereocenters. The number of benzene rings is 1. The van der Waals surface area contributed by atoms with Crippen LogP contribution in [0.3, 0.4) is 0 Å². The van der Waals surface area contributed by atoms with Crippen LogP contribution in [0.5, 0.6) is 5.75 Å². The fourth-order valence-electron chi connectivity index (χ4n) is 2.79. The van der Waals surface area contributed by atoms with E-state index in [1.807, 2.05) is 6.92 Å². The number of sulfonamides is 1. The van der Waals surface area contributed by atoms with Crippen LogP contribution in [0.4, 0.5) is 0 Å². The Morgan fingerprint density at radius 1 is 1.42 bits per heavy atom. The number of nitrogens with zero attached hydrogens (tertiary/aromatic N) is 1. The standard InChI is InChI=1S/C16H23ClN2O4S/c1-3-18-16(20)12-6-5-9-19(11-12)24(21,22)15-10-13(17)7-8-14(15)23-4-2/h7-8,10,12H,3-6,9,11H2,1-2H3,(H,18,20)/t12-/m1/s1. The van der Waals surface area contributed by atoms with Crippen LogP contribution in [0.2, 0.25) is 5.02 Å². The summed E-state index contributed by atoms with van der Waals surface area (Å²) in [6.45, 7) is 5.08. The van der Waals surface area contributed by atoms with Crippen LogP contribution in [0.25, 0.3) is 0 Å². The molecule has 0 bridgehead atoms. The Hall–Kier alpha value is -1.31. The van der Waals surface area contributed by atoms with Crippen molar-refractivity contribution >= 4 is 27.5 Å². The van der Waals surface area contributed by atoms with Crippen molar-refractivity contribution in [3.05, 3.63) is 23.2 Å². The summed E-state index contributed by atoms with van der Waals surface area (Å²) in [6, 6.07) is 4.56. The molecular formula is C16H23ClN2O4S. The van der Waals surface area contributed by atoms with E-state index in [1.165, 1.54) is 10.4 Å². The lowest BCUT2D eigenvalue weighted by Crippen LogP contribution is -2.45. The number of amides is 1. The predicted molar refractivity (Wildman–Crippen MR) is 92.8 cm³/mol. The molecule has 1 aromatic carbocycles. The molecule has 134 valence electrons. The van der Waals surface area contributed by atoms with Crippen LogP contribution in [0.15, 0.2) is 23.1 Å². The molecule has 0 radical (unpaired) electrons. The van der Waals surface area contributed by atoms with Crippen LogP contribution < -0.4 is 10.1 Å². The van der Waals surface area contributed by atoms with E-state index in [4.69, 9.17) is 16.3 Å². The van der Waals surface area contributed by atoms with Gasteiger partial charge in [-0.15, -0.1) is 0 Å². The third-order valence-corrected chi connectivity index (χ3v) is 6.05. The molecule has 1 aliphatic rings. The number of ether oxygens (including phenoxy) is 1. The summed E-state index contributed by atoms with van der Waals surface area (Å²) in [7, 11) is -3.77. The highest BCUT2D eigenvalue weighted by Crippen LogP contribution is 2.32. The SMILES string of the molecule is CCNC(=O)[C@@H]1CCCN(S(=O)(=O)c2cc(Cl)ccc2OCC)C1. The highest BCUT2D eigenvalue weighted by atomic mass is 35.5. The van der Waals surface area contributed by atoms with E-state index in [0.29, 0.717) is 37.6 Å². The first-order valence-electron chi connectivity index (χ1n) is 8.10. The van der Waals surface area contributed by atoms with E-state index in [9.17, 15) is 13.2 Å². The molecule has 6 nitrogen and oxygen atoms in total. The lowest BCUT2D eigenvalue weighted by molar-refractivity contribution is -0.125. The zero-order valence-corrected chi connectivity index (χ0v) is 15.5. The Morgan fingerprint density at radius 2 is 2.17 bits per heavy atom. The first kappa shape index (κ1) is 19.0. The minimum atomic E-state index is -3.77. The lowest BCUT2D eigenvalue weighted by Gasteiger charge is -2.31. The molecule has 0 saturated carbocycles. The van der Waals surface area contributed by atoms with Gasteiger partial charge in [-0.05, 0) is 44.9 Å². The van der Waals surface area contributed by atoms with Crippen molar-refractivity contribution in [2.45, 2.75) is 31.6 Å². The second-order valence-electron chi connectivity index (χ2n) is 5.62. The zero-order valence-electron chi connectivity index (χ0n) is 13.9. The van der Waals surface area contributed by atoms with E-state index in [2.05, 4.69) is 5.32 Å². The van der Waals surface area contributed by atoms with Gasteiger partial charge in [0.2, 0.25) is 15.9 Å². The first-order chi connectivity index (χ1) is 11.4. The molecule has 0 aromatic heterocycles. The number of rotatable bonds is 6. The number of hydrogen-bond donors (Lipinski definition) is 1. The van der Waals surface area contributed by atoms with E-state index in [1.54, 1.807) is 19.1 Å². The van der Waals surface area contributed by atoms with Crippen molar-refractivity contribution in [1.29, 1.82) is 0 Å². The van der Waals surface area contributed by atoms with Gasteiger partial charge in [-0.1, -0.05) is 11.6 Å². The Balaban J connectivity index is 2.30. The van der Waals surface area contributed by atoms with Gasteiger partial charge in [0.25, 0.3) is 0 Å². The summed E-state index contributed by atoms with van der Waals surface area (Å²) in [4.78, 5) is 12.1. The number of carbonyl (C=O) groups is 1. The van der Waals surface area contributed by atoms with Gasteiger partial charge in [0.1, 0.15) is 10.6 Å². The van der Waals surface area contributed by atoms with Gasteiger partial charge in [0, 0.05) is 24.7 Å². The van der Waals surface area contributed by atoms with Crippen LogP contribution in [0, 0.1) is 5.92 Å². The van der Waals surface area contributed by atoms with Gasteiger partial charge in [-0.25, -0.2) is 8.42 Å². The van der Waals surface area contributed by atoms with Gasteiger partial charge in [0.15, 0.2) is 0 Å². The second-order valence-corrected chi connectivity index (χ2v) is 7.96. The van der Waals surface area contributed by atoms with Crippen molar-refractivity contribution in [2.24, 2.45) is 5.92 Å². The van der Waals surface area contributed by atoms with Crippen LogP contribution >= 0.6 is 11.6 Å². The van der Waals surface area contributed by atoms with Crippen molar-refractivity contribution in [3.8, 4) is 5.75 Å². The number of carbonyl (C=O) groups excluding carboxylic acids is 1. The molecule has 1 fully saturated rings. The van der Waals surface area contributed by atoms with Gasteiger partial charge in [-0.3, -0.25) is 4.79 Å². The van der Waals surface area contributed by atoms with Crippen LogP contribution in [-0.2, 0) is 14.8 Å². The molecule has 0 aliphatic carbocycles. The maximum Gasteiger partial charge on any atom is 0.246 e. The Morgan fingerprint density at radius 3 is 2.83 bits per heavy atom. The summed E-state index contributed by atoms with van der Waals surface area (Å²) in [5.41, 5.74) is 0. The van der Waals surface area contributed by atoms with E-state index in [0.717, 1.165) is 0 Å². The molecule has 8 heteroatoms. The Kier molecular flexibility index (Phi) is 6.48. The first-order valence-corrected chi connectivity index (χ1v) is 9.92. The third kappa shape index (κ3) is 4.20. The third-order valence-electron chi connectivity index (χ3n) is 3.93. The summed E-state index contributed by atoms with van der Waals surface area (Å²) in [6.07, 6.45) is 1.33. The highest BCUT2D eigenvalue weighted by Gasteiger charge is 2.34. The number of halogens is 1. The second kappa shape index (κ2) is 8.18. The smallest absolute Gasteiger partial charge is 0.246 e. The van der Waals surface area contributed by atoms with Crippen molar-refractivity contribution in [2.75, 3.05) is 26.2 Å². The number of hydrogen-bond acceptors (Lipinski definition) is 4. The van der Waals surface area contributed by atoms with Crippen molar-refractivity contribution < 1.29 is 17.9 Å². The summed E-state index contributed by atoms with van der Waals surface area (Å²) in [5.74, 6) is -0.154. The van der Waals surface area contributed by atoms with Gasteiger partial charge in [-0.2, -0.15) is 4.31 Å². The molecule has 2 rings (SSSR count). The predicted octanol–water partition coefficient (Wildman–Crippen LogP) is 2.28. The van der Waals surface area contributed by atoms with Crippen LogP contribution in [-0.4, -0.2) is 44.9 Å². The number of nitrogens with one attached hydrogen (secondary N) is 1. The fraction of sp³-hybridized carbons (Fsp3) is 0.562. The Bertz CT molecular complexity index is 693. The van der Waals surface area contributed by atoms with Gasteiger partial charge < -0.3 is 10.1 Å². The molecular weight excluding hydrogens is 352 g/mol. The largest absolute Gasteiger partial charge is 0.492 e. The Labute approximate surface area is 148 Å². The monoisotopic (exact) mass is 374 g/mol. The molecule has 1 amide bonds. The quantitative estimate of drug-likeness (QED) is 0.828. The molecule has 24 heavy (non-hydrogen) atoms. The van der Waals surface area contributed by atoms with Crippen LogP contribution in [0.1, 0.15) is 26.7 Å². The average Bonchev–Trinajstić information content (AvgIpc) is 2.57. The molecule has 1 N–H and O–H groups in total. The molecule has 0 spiro atoms. The summed E-state index contributed by atoms with van der Waals surface area (Å²) >= 11 is 5.98. The van der Waals surface area contributed by atoms with Crippen molar-refractivity contribution in [3.63, 3.8) is 0 Å². The van der Waals surface area contributed by atoms with E-state index >= 15 is 0 Å². The fourth-order valence-corrected chi connectivity index (χ4v) is 4.71. The maximum absolute atomic E-state index is 13.0. The molecule has 1 aliphatic heterocycles.